The van der Waals surface area contributed by atoms with Crippen molar-refractivity contribution in [1.82, 2.24) is 10.2 Å². The summed E-state index contributed by atoms with van der Waals surface area (Å²) in [5.74, 6) is 0.220. The summed E-state index contributed by atoms with van der Waals surface area (Å²) in [6.45, 7) is 2.34. The molecule has 1 aliphatic heterocycles. The number of fused-ring (bicyclic) bond motifs is 1. The van der Waals surface area contributed by atoms with Crippen LogP contribution < -0.4 is 19.9 Å². The van der Waals surface area contributed by atoms with Crippen LogP contribution in [0.1, 0.15) is 24.0 Å². The topological polar surface area (TPSA) is 149 Å². The summed E-state index contributed by atoms with van der Waals surface area (Å²) in [5, 5.41) is 28.7. The van der Waals surface area contributed by atoms with E-state index in [0.29, 0.717) is 40.5 Å². The third kappa shape index (κ3) is 3.35. The van der Waals surface area contributed by atoms with Gasteiger partial charge in [-0.05, 0) is 25.1 Å². The number of aromatic amines is 1. The zero-order valence-electron chi connectivity index (χ0n) is 17.3. The molecular weight excluding hydrogens is 414 g/mol. The molecule has 1 aromatic heterocycles. The number of nitro benzene ring substituents is 1. The van der Waals surface area contributed by atoms with E-state index in [2.05, 4.69) is 10.2 Å². The van der Waals surface area contributed by atoms with Gasteiger partial charge in [-0.15, -0.1) is 5.10 Å². The van der Waals surface area contributed by atoms with E-state index in [1.54, 1.807) is 36.4 Å². The van der Waals surface area contributed by atoms with Gasteiger partial charge in [0.15, 0.2) is 11.5 Å². The molecule has 10 heteroatoms. The molecule has 2 heterocycles. The van der Waals surface area contributed by atoms with Crippen LogP contribution in [0.3, 0.4) is 0 Å². The average Bonchev–Trinajstić information content (AvgIpc) is 3.21. The van der Waals surface area contributed by atoms with Crippen LogP contribution in [-0.2, 0) is 0 Å². The van der Waals surface area contributed by atoms with Crippen LogP contribution in [0.2, 0.25) is 0 Å². The van der Waals surface area contributed by atoms with Crippen molar-refractivity contribution in [2.75, 3.05) is 13.7 Å². The maximum atomic E-state index is 11.7. The molecule has 10 nitrogen and oxygen atoms in total. The van der Waals surface area contributed by atoms with Crippen LogP contribution in [0.4, 0.5) is 5.69 Å². The Morgan fingerprint density at radius 3 is 2.78 bits per heavy atom. The molecule has 0 spiro atoms. The van der Waals surface area contributed by atoms with E-state index in [9.17, 15) is 15.4 Å². The highest BCUT2D eigenvalue weighted by Crippen LogP contribution is 2.48. The molecular formula is C22H19N5O5. The number of aromatic nitrogens is 2. The summed E-state index contributed by atoms with van der Waals surface area (Å²) in [4.78, 5) is 11.2. The monoisotopic (exact) mass is 433 g/mol. The van der Waals surface area contributed by atoms with Crippen molar-refractivity contribution in [3.63, 3.8) is 0 Å². The van der Waals surface area contributed by atoms with Gasteiger partial charge >= 0.3 is 0 Å². The standard InChI is InChI=1S/C22H19N5O5/c1-3-31-16-9-8-12(10-17(16)30-2)20-19-18(13-6-4-5-7-15(13)27(28)29)14(11-23)21(24)32-22(19)26-25-20/h4-10,18H,3,24H2,1-2H3,(H,25,26)/t18-/m1/s1. The zero-order valence-corrected chi connectivity index (χ0v) is 17.3. The minimum Gasteiger partial charge on any atom is -0.493 e. The Morgan fingerprint density at radius 1 is 1.31 bits per heavy atom. The Balaban J connectivity index is 1.94. The van der Waals surface area contributed by atoms with Crippen molar-refractivity contribution in [1.29, 1.82) is 5.26 Å². The molecule has 0 fully saturated rings. The number of nitro groups is 1. The smallest absolute Gasteiger partial charge is 0.273 e. The van der Waals surface area contributed by atoms with E-state index in [0.717, 1.165) is 0 Å². The van der Waals surface area contributed by atoms with Crippen LogP contribution in [-0.4, -0.2) is 28.8 Å². The minimum atomic E-state index is -0.850. The van der Waals surface area contributed by atoms with Crippen molar-refractivity contribution in [2.24, 2.45) is 5.73 Å². The van der Waals surface area contributed by atoms with E-state index >= 15 is 0 Å². The predicted octanol–water partition coefficient (Wildman–Crippen LogP) is 3.61. The first-order valence-corrected chi connectivity index (χ1v) is 9.70. The Morgan fingerprint density at radius 2 is 2.09 bits per heavy atom. The van der Waals surface area contributed by atoms with E-state index in [1.165, 1.54) is 13.2 Å². The molecule has 0 saturated carbocycles. The van der Waals surface area contributed by atoms with Crippen LogP contribution >= 0.6 is 0 Å². The van der Waals surface area contributed by atoms with E-state index in [4.69, 9.17) is 19.9 Å². The lowest BCUT2D eigenvalue weighted by molar-refractivity contribution is -0.385. The highest BCUT2D eigenvalue weighted by Gasteiger charge is 2.38. The minimum absolute atomic E-state index is 0.0624. The second-order valence-corrected chi connectivity index (χ2v) is 6.86. The second kappa shape index (κ2) is 8.31. The Kier molecular flexibility index (Phi) is 5.39. The number of hydrogen-bond donors (Lipinski definition) is 2. The number of benzene rings is 2. The Bertz CT molecular complexity index is 1270. The third-order valence-electron chi connectivity index (χ3n) is 5.14. The van der Waals surface area contributed by atoms with Gasteiger partial charge in [0.05, 0.1) is 35.8 Å². The third-order valence-corrected chi connectivity index (χ3v) is 5.14. The first-order chi connectivity index (χ1) is 15.5. The average molecular weight is 433 g/mol. The molecule has 1 atom stereocenters. The van der Waals surface area contributed by atoms with Gasteiger partial charge in [-0.25, -0.2) is 0 Å². The second-order valence-electron chi connectivity index (χ2n) is 6.86. The number of rotatable bonds is 6. The molecule has 32 heavy (non-hydrogen) atoms. The number of methoxy groups -OCH3 is 1. The number of para-hydroxylation sites is 1. The highest BCUT2D eigenvalue weighted by atomic mass is 16.6. The first-order valence-electron chi connectivity index (χ1n) is 9.70. The number of H-pyrrole nitrogens is 1. The number of nitrogens with one attached hydrogen (secondary N) is 1. The summed E-state index contributed by atoms with van der Waals surface area (Å²) in [6.07, 6.45) is 0. The van der Waals surface area contributed by atoms with Gasteiger partial charge in [0.1, 0.15) is 11.6 Å². The number of ether oxygens (including phenoxy) is 3. The molecule has 4 rings (SSSR count). The van der Waals surface area contributed by atoms with Gasteiger partial charge in [-0.2, -0.15) is 5.26 Å². The van der Waals surface area contributed by atoms with E-state index < -0.39 is 10.8 Å². The molecule has 3 N–H and O–H groups in total. The fourth-order valence-corrected chi connectivity index (χ4v) is 3.77. The maximum absolute atomic E-state index is 11.7. The molecule has 0 unspecified atom stereocenters. The summed E-state index contributed by atoms with van der Waals surface area (Å²) in [6, 6.07) is 13.6. The normalized spacial score (nSPS) is 14.8. The first kappa shape index (κ1) is 20.7. The molecule has 0 bridgehead atoms. The molecule has 0 saturated heterocycles. The van der Waals surface area contributed by atoms with Crippen LogP contribution in [0.25, 0.3) is 11.3 Å². The zero-order chi connectivity index (χ0) is 22.8. The quantitative estimate of drug-likeness (QED) is 0.442. The van der Waals surface area contributed by atoms with Gasteiger partial charge < -0.3 is 19.9 Å². The SMILES string of the molecule is CCOc1ccc(-c2[nH]nc3c2[C@H](c2ccccc2[N+](=O)[O-])C(C#N)=C(N)O3)cc1OC. The number of nitrogens with two attached hydrogens (primary N) is 1. The Labute approximate surface area is 183 Å². The molecule has 1 aliphatic rings. The number of allylic oxidation sites excluding steroid dienone is 1. The van der Waals surface area contributed by atoms with Crippen molar-refractivity contribution in [3.8, 4) is 34.7 Å². The molecule has 2 aromatic carbocycles. The number of hydrogen-bond acceptors (Lipinski definition) is 8. The van der Waals surface area contributed by atoms with Gasteiger partial charge in [0.2, 0.25) is 11.8 Å². The summed E-state index contributed by atoms with van der Waals surface area (Å²) in [5.41, 5.74) is 7.87. The van der Waals surface area contributed by atoms with Crippen LogP contribution in [0, 0.1) is 21.4 Å². The fraction of sp³-hybridized carbons (Fsp3) is 0.182. The number of nitriles is 1. The maximum Gasteiger partial charge on any atom is 0.273 e. The predicted molar refractivity (Wildman–Crippen MR) is 114 cm³/mol. The van der Waals surface area contributed by atoms with Gasteiger partial charge in [0.25, 0.3) is 5.69 Å². The van der Waals surface area contributed by atoms with E-state index in [1.807, 2.05) is 13.0 Å². The van der Waals surface area contributed by atoms with Gasteiger partial charge in [-0.3, -0.25) is 15.2 Å². The molecule has 0 aliphatic carbocycles. The molecule has 162 valence electrons. The Hall–Kier alpha value is -4.52. The summed E-state index contributed by atoms with van der Waals surface area (Å²) in [7, 11) is 1.53. The van der Waals surface area contributed by atoms with Crippen molar-refractivity contribution < 1.29 is 19.1 Å². The highest BCUT2D eigenvalue weighted by molar-refractivity contribution is 5.73. The van der Waals surface area contributed by atoms with E-state index in [-0.39, 0.29) is 23.0 Å². The van der Waals surface area contributed by atoms with Gasteiger partial charge in [0, 0.05) is 17.2 Å². The van der Waals surface area contributed by atoms with Crippen LogP contribution in [0.15, 0.2) is 53.9 Å². The lowest BCUT2D eigenvalue weighted by atomic mass is 9.82. The lowest BCUT2D eigenvalue weighted by Gasteiger charge is -2.24. The van der Waals surface area contributed by atoms with Crippen molar-refractivity contribution in [2.45, 2.75) is 12.8 Å². The molecule has 3 aromatic rings. The van der Waals surface area contributed by atoms with Crippen molar-refractivity contribution in [3.05, 3.63) is 75.2 Å². The number of nitrogens with zero attached hydrogens (tertiary/aromatic N) is 3. The van der Waals surface area contributed by atoms with Crippen molar-refractivity contribution >= 4 is 5.69 Å². The van der Waals surface area contributed by atoms with Crippen LogP contribution in [0.5, 0.6) is 17.4 Å². The molecule has 0 radical (unpaired) electrons. The molecule has 0 amide bonds. The summed E-state index contributed by atoms with van der Waals surface area (Å²) < 4.78 is 16.6. The van der Waals surface area contributed by atoms with Gasteiger partial charge in [-0.1, -0.05) is 18.2 Å². The fourth-order valence-electron chi connectivity index (χ4n) is 3.77. The summed E-state index contributed by atoms with van der Waals surface area (Å²) >= 11 is 0. The lowest BCUT2D eigenvalue weighted by Crippen LogP contribution is -2.21. The largest absolute Gasteiger partial charge is 0.493 e.